The van der Waals surface area contributed by atoms with Gasteiger partial charge in [0, 0.05) is 83.3 Å². The summed E-state index contributed by atoms with van der Waals surface area (Å²) in [6, 6.07) is 24.1. The number of piperidine rings is 1. The molecule has 4 unspecified atom stereocenters. The van der Waals surface area contributed by atoms with E-state index in [0.717, 1.165) is 87.1 Å². The smallest absolute Gasteiger partial charge is 0.229 e. The van der Waals surface area contributed by atoms with E-state index in [1.165, 1.54) is 23.9 Å². The number of thiocarbonyl (C=S) groups is 1. The number of allylic oxidation sites excluding steroid dienone is 2. The molecule has 75 heavy (non-hydrogen) atoms. The lowest BCUT2D eigenvalue weighted by Crippen LogP contribution is -2.44. The molecule has 1 aromatic heterocycles. The Morgan fingerprint density at radius 2 is 1.72 bits per heavy atom. The predicted octanol–water partition coefficient (Wildman–Crippen LogP) is 14.1. The number of hydrogen-bond donors (Lipinski definition) is 4. The molecule has 0 radical (unpaired) electrons. The van der Waals surface area contributed by atoms with Crippen LogP contribution in [0.15, 0.2) is 119 Å². The molecule has 2 saturated heterocycles. The van der Waals surface area contributed by atoms with Crippen LogP contribution in [-0.2, 0) is 22.4 Å². The number of Topliss-reactive ketones (excluding diaryl/α,β-unsaturated/α-hetero) is 1. The van der Waals surface area contributed by atoms with E-state index in [-0.39, 0.29) is 29.2 Å². The van der Waals surface area contributed by atoms with Gasteiger partial charge in [0.2, 0.25) is 11.9 Å². The number of anilines is 4. The topological polar surface area (TPSA) is 156 Å². The monoisotopic (exact) mass is 1030 g/mol. The fourth-order valence-corrected chi connectivity index (χ4v) is 10.4. The first-order chi connectivity index (χ1) is 36.3. The van der Waals surface area contributed by atoms with Crippen LogP contribution in [0.2, 0.25) is 0 Å². The number of amides is 1. The zero-order valence-corrected chi connectivity index (χ0v) is 44.9. The van der Waals surface area contributed by atoms with E-state index in [9.17, 15) is 9.59 Å². The van der Waals surface area contributed by atoms with Gasteiger partial charge in [-0.1, -0.05) is 95.4 Å². The number of ether oxygens (including phenoxy) is 1. The number of aliphatic imine (C=N–C) groups is 2. The van der Waals surface area contributed by atoms with Gasteiger partial charge < -0.3 is 26.4 Å². The number of benzene rings is 4. The molecule has 14 heteroatoms. The van der Waals surface area contributed by atoms with Crippen molar-refractivity contribution in [2.45, 2.75) is 124 Å². The molecule has 2 aliphatic heterocycles. The summed E-state index contributed by atoms with van der Waals surface area (Å²) in [6.45, 7) is 15.7. The lowest BCUT2D eigenvalue weighted by molar-refractivity contribution is -0.125. The minimum absolute atomic E-state index is 0.0391. The molecule has 3 heterocycles. The number of rotatable bonds is 24. The molecule has 5 aromatic rings. The van der Waals surface area contributed by atoms with Crippen molar-refractivity contribution >= 4 is 69.7 Å². The highest BCUT2D eigenvalue weighted by Gasteiger charge is 2.35. The standard InChI is InChI=1S/C61H72F2N8O3S/c1-7-13-45(66-37-44(36-64)54(9-3)69-58-39(5)14-10-16-49(58)43-34-52(62)51(53(63)35-43)18-11-15-41-29-32-74-33-30-41)23-20-38(4)42-21-24-46(25-22-42)67-61-65-31-28-56(70-61)68-55-19-12-17-50(47(55)8-2)59(72)40(6)48-26-27-57(75)71-60(48)73/h9-10,12,14,16-17,19,21-22,24-25,28,31,34-38,40-41,45,48H,3,7-8,11,13,15,18,20,23,26-27,29-30,32-33,64H2,1-2,4-6H3,(H,71,73,75)(H2,65,67,68,70). The quantitative estimate of drug-likeness (QED) is 0.0268. The Hall–Kier alpha value is -6.77. The van der Waals surface area contributed by atoms with Crippen LogP contribution in [0.25, 0.3) is 11.1 Å². The number of aryl methyl sites for hydroxylation is 1. The number of carbonyl (C=O) groups is 2. The first-order valence-corrected chi connectivity index (χ1v) is 27.0. The van der Waals surface area contributed by atoms with Crippen molar-refractivity contribution < 1.29 is 23.1 Å². The van der Waals surface area contributed by atoms with Crippen LogP contribution in [0.1, 0.15) is 130 Å². The van der Waals surface area contributed by atoms with Crippen molar-refractivity contribution in [3.63, 3.8) is 0 Å². The Kier molecular flexibility index (Phi) is 20.3. The molecule has 0 aliphatic carbocycles. The molecule has 0 saturated carbocycles. The molecular formula is C61H72F2N8O3S. The summed E-state index contributed by atoms with van der Waals surface area (Å²) < 4.78 is 36.7. The third-order valence-electron chi connectivity index (χ3n) is 14.7. The predicted molar refractivity (Wildman–Crippen MR) is 305 cm³/mol. The number of hydrogen-bond acceptors (Lipinski definition) is 11. The van der Waals surface area contributed by atoms with E-state index in [0.29, 0.717) is 82.0 Å². The summed E-state index contributed by atoms with van der Waals surface area (Å²) >= 11 is 5.18. The van der Waals surface area contributed by atoms with Gasteiger partial charge in [-0.05, 0) is 154 Å². The number of nitrogens with one attached hydrogen (secondary N) is 3. The number of para-hydroxylation sites is 1. The Balaban J connectivity index is 0.961. The van der Waals surface area contributed by atoms with Crippen LogP contribution in [0, 0.1) is 36.3 Å². The van der Waals surface area contributed by atoms with E-state index < -0.39 is 23.5 Å². The van der Waals surface area contributed by atoms with Gasteiger partial charge in [0.25, 0.3) is 0 Å². The first-order valence-electron chi connectivity index (χ1n) is 26.6. The van der Waals surface area contributed by atoms with E-state index in [2.05, 4.69) is 53.5 Å². The first kappa shape index (κ1) is 56.0. The third kappa shape index (κ3) is 14.8. The molecule has 0 spiro atoms. The van der Waals surface area contributed by atoms with E-state index >= 15 is 8.78 Å². The van der Waals surface area contributed by atoms with Gasteiger partial charge in [-0.2, -0.15) is 4.98 Å². The largest absolute Gasteiger partial charge is 0.404 e. The van der Waals surface area contributed by atoms with Gasteiger partial charge in [-0.3, -0.25) is 14.6 Å². The maximum atomic E-state index is 15.6. The maximum absolute atomic E-state index is 15.6. The van der Waals surface area contributed by atoms with Gasteiger partial charge in [0.05, 0.1) is 16.4 Å². The Bertz CT molecular complexity index is 2890. The van der Waals surface area contributed by atoms with Crippen LogP contribution >= 0.6 is 12.2 Å². The number of nitrogens with zero attached hydrogens (tertiary/aromatic N) is 4. The molecule has 394 valence electrons. The Labute approximate surface area is 447 Å². The zero-order chi connectivity index (χ0) is 53.4. The van der Waals surface area contributed by atoms with E-state index in [4.69, 9.17) is 37.7 Å². The minimum Gasteiger partial charge on any atom is -0.404 e. The number of aromatic nitrogens is 2. The van der Waals surface area contributed by atoms with Crippen LogP contribution in [0.5, 0.6) is 0 Å². The van der Waals surface area contributed by atoms with Crippen LogP contribution in [-0.4, -0.2) is 57.8 Å². The molecular weight excluding hydrogens is 963 g/mol. The average molecular weight is 1040 g/mol. The van der Waals surface area contributed by atoms with Crippen molar-refractivity contribution in [1.29, 1.82) is 0 Å². The molecule has 2 fully saturated rings. The lowest BCUT2D eigenvalue weighted by atomic mass is 9.81. The summed E-state index contributed by atoms with van der Waals surface area (Å²) in [7, 11) is 0. The molecule has 1 amide bonds. The minimum atomic E-state index is -0.549. The Morgan fingerprint density at radius 3 is 2.41 bits per heavy atom. The SMILES string of the molecule is C=CC(=Nc1c(C)cccc1-c1cc(F)c(CCCC2CCOCC2)c(F)c1)C(C=NC(CCC)CCC(C)c1ccc(Nc2nccc(Nc3cccc(C(=O)C(C)C4CCC(=S)NC4=O)c3CC)n2)cc1)=CN. The van der Waals surface area contributed by atoms with Crippen LogP contribution in [0.4, 0.5) is 37.6 Å². The molecule has 2 aliphatic rings. The Morgan fingerprint density at radius 1 is 0.973 bits per heavy atom. The number of carbonyl (C=O) groups excluding carboxylic acids is 2. The van der Waals surface area contributed by atoms with Crippen LogP contribution < -0.4 is 21.7 Å². The van der Waals surface area contributed by atoms with E-state index in [1.54, 1.807) is 24.6 Å². The lowest BCUT2D eigenvalue weighted by Gasteiger charge is -2.27. The molecule has 7 rings (SSSR count). The second kappa shape index (κ2) is 27.1. The van der Waals surface area contributed by atoms with Crippen molar-refractivity contribution in [3.8, 4) is 11.1 Å². The van der Waals surface area contributed by atoms with Gasteiger partial charge in [-0.25, -0.2) is 18.8 Å². The van der Waals surface area contributed by atoms with Crippen molar-refractivity contribution in [3.05, 3.63) is 149 Å². The second-order valence-electron chi connectivity index (χ2n) is 19.9. The highest BCUT2D eigenvalue weighted by atomic mass is 32.1. The normalized spacial score (nSPS) is 16.9. The summed E-state index contributed by atoms with van der Waals surface area (Å²) in [5.74, 6) is -0.504. The van der Waals surface area contributed by atoms with Gasteiger partial charge in [0.15, 0.2) is 5.78 Å². The molecule has 11 nitrogen and oxygen atoms in total. The summed E-state index contributed by atoms with van der Waals surface area (Å²) in [4.78, 5) is 46.3. The fourth-order valence-electron chi connectivity index (χ4n) is 10.2. The summed E-state index contributed by atoms with van der Waals surface area (Å²) in [5, 5.41) is 9.48. The van der Waals surface area contributed by atoms with Crippen molar-refractivity contribution in [2.24, 2.45) is 33.5 Å². The summed E-state index contributed by atoms with van der Waals surface area (Å²) in [6.07, 6.45) is 15.9. The number of nitrogens with two attached hydrogens (primary N) is 1. The van der Waals surface area contributed by atoms with Gasteiger partial charge in [0.1, 0.15) is 17.5 Å². The highest BCUT2D eigenvalue weighted by molar-refractivity contribution is 7.80. The molecule has 0 bridgehead atoms. The molecule has 4 atom stereocenters. The molecule has 5 N–H and O–H groups in total. The number of ketones is 1. The van der Waals surface area contributed by atoms with Crippen LogP contribution in [0.3, 0.4) is 0 Å². The van der Waals surface area contributed by atoms with Gasteiger partial charge >= 0.3 is 0 Å². The number of halogens is 2. The van der Waals surface area contributed by atoms with E-state index in [1.807, 2.05) is 69.3 Å². The van der Waals surface area contributed by atoms with Crippen molar-refractivity contribution in [2.75, 3.05) is 23.8 Å². The maximum Gasteiger partial charge on any atom is 0.229 e. The van der Waals surface area contributed by atoms with Crippen molar-refractivity contribution in [1.82, 2.24) is 15.3 Å². The average Bonchev–Trinajstić information content (AvgIpc) is 3.41. The fraction of sp³-hybridized carbons (Fsp3) is 0.393. The van der Waals surface area contributed by atoms with Gasteiger partial charge in [-0.15, -0.1) is 0 Å². The summed E-state index contributed by atoms with van der Waals surface area (Å²) in [5.41, 5.74) is 14.1. The molecule has 4 aromatic carbocycles. The zero-order valence-electron chi connectivity index (χ0n) is 44.1. The third-order valence-corrected chi connectivity index (χ3v) is 15.0. The second-order valence-corrected chi connectivity index (χ2v) is 20.4. The highest BCUT2D eigenvalue weighted by Crippen LogP contribution is 2.37.